The van der Waals surface area contributed by atoms with Crippen molar-refractivity contribution in [1.29, 1.82) is 5.26 Å². The Balaban J connectivity index is 2.26. The van der Waals surface area contributed by atoms with Gasteiger partial charge in [-0.15, -0.1) is 0 Å². The number of para-hydroxylation sites is 1. The summed E-state index contributed by atoms with van der Waals surface area (Å²) in [5.41, 5.74) is 1.72. The highest BCUT2D eigenvalue weighted by Crippen LogP contribution is 2.27. The van der Waals surface area contributed by atoms with E-state index < -0.39 is 0 Å². The van der Waals surface area contributed by atoms with Gasteiger partial charge in [0.15, 0.2) is 0 Å². The number of nitriles is 1. The number of nitrogens with two attached hydrogens (primary N) is 1. The van der Waals surface area contributed by atoms with Gasteiger partial charge in [0.2, 0.25) is 0 Å². The summed E-state index contributed by atoms with van der Waals surface area (Å²) in [5, 5.41) is 9.13. The van der Waals surface area contributed by atoms with Gasteiger partial charge >= 0.3 is 0 Å². The fourth-order valence-corrected chi connectivity index (χ4v) is 2.42. The Morgan fingerprint density at radius 2 is 2.24 bits per heavy atom. The van der Waals surface area contributed by atoms with Gasteiger partial charge < -0.3 is 9.74 Å². The van der Waals surface area contributed by atoms with Crippen molar-refractivity contribution in [1.82, 2.24) is 0 Å². The topological polar surface area (TPSA) is 62.3 Å². The molecule has 1 unspecified atom stereocenters. The van der Waals surface area contributed by atoms with Crippen molar-refractivity contribution < 1.29 is 4.84 Å². The quantitative estimate of drug-likeness (QED) is 0.806. The third-order valence-electron chi connectivity index (χ3n) is 3.25. The zero-order valence-electron chi connectivity index (χ0n) is 9.80. The SMILES string of the molecule is N#Cc1ccccc1N1CCCCC1CON. The number of hydrogen-bond donors (Lipinski definition) is 1. The Morgan fingerprint density at radius 1 is 1.41 bits per heavy atom. The zero-order chi connectivity index (χ0) is 12.1. The molecule has 0 aliphatic carbocycles. The van der Waals surface area contributed by atoms with Gasteiger partial charge in [-0.05, 0) is 31.4 Å². The Hall–Kier alpha value is -1.57. The van der Waals surface area contributed by atoms with Crippen molar-refractivity contribution in [2.75, 3.05) is 18.1 Å². The van der Waals surface area contributed by atoms with Crippen molar-refractivity contribution >= 4 is 5.69 Å². The largest absolute Gasteiger partial charge is 0.365 e. The molecule has 2 rings (SSSR count). The number of benzene rings is 1. The van der Waals surface area contributed by atoms with Crippen LogP contribution in [0.1, 0.15) is 24.8 Å². The highest BCUT2D eigenvalue weighted by Gasteiger charge is 2.24. The lowest BCUT2D eigenvalue weighted by Crippen LogP contribution is -2.43. The van der Waals surface area contributed by atoms with Crippen molar-refractivity contribution in [3.05, 3.63) is 29.8 Å². The van der Waals surface area contributed by atoms with E-state index in [1.54, 1.807) is 0 Å². The van der Waals surface area contributed by atoms with E-state index in [0.717, 1.165) is 30.6 Å². The van der Waals surface area contributed by atoms with Gasteiger partial charge in [0.25, 0.3) is 0 Å². The first-order valence-electron chi connectivity index (χ1n) is 5.94. The normalized spacial score (nSPS) is 20.0. The molecule has 0 radical (unpaired) electrons. The minimum absolute atomic E-state index is 0.281. The molecule has 2 N–H and O–H groups in total. The molecule has 1 atom stereocenters. The molecule has 1 fully saturated rings. The fraction of sp³-hybridized carbons (Fsp3) is 0.462. The smallest absolute Gasteiger partial charge is 0.101 e. The molecule has 1 aliphatic rings. The highest BCUT2D eigenvalue weighted by atomic mass is 16.6. The van der Waals surface area contributed by atoms with Crippen LogP contribution in [-0.2, 0) is 4.84 Å². The molecule has 90 valence electrons. The van der Waals surface area contributed by atoms with Crippen LogP contribution in [0.4, 0.5) is 5.69 Å². The molecule has 1 saturated heterocycles. The van der Waals surface area contributed by atoms with E-state index >= 15 is 0 Å². The summed E-state index contributed by atoms with van der Waals surface area (Å²) < 4.78 is 0. The first-order valence-corrected chi connectivity index (χ1v) is 5.94. The standard InChI is InChI=1S/C13H17N3O/c14-9-11-5-1-2-7-13(11)16-8-4-3-6-12(16)10-17-15/h1-2,5,7,12H,3-4,6,8,10,15H2. The minimum Gasteiger partial charge on any atom is -0.365 e. The molecule has 0 spiro atoms. The van der Waals surface area contributed by atoms with Crippen molar-refractivity contribution in [2.24, 2.45) is 5.90 Å². The van der Waals surface area contributed by atoms with Crippen LogP contribution in [0.2, 0.25) is 0 Å². The molecule has 0 amide bonds. The van der Waals surface area contributed by atoms with E-state index in [9.17, 15) is 0 Å². The molecule has 1 aromatic rings. The van der Waals surface area contributed by atoms with E-state index in [2.05, 4.69) is 11.0 Å². The van der Waals surface area contributed by atoms with Crippen molar-refractivity contribution in [3.63, 3.8) is 0 Å². The minimum atomic E-state index is 0.281. The number of rotatable bonds is 3. The molecule has 0 aromatic heterocycles. The van der Waals surface area contributed by atoms with Crippen LogP contribution in [0, 0.1) is 11.3 Å². The first kappa shape index (κ1) is 11.9. The number of hydrogen-bond acceptors (Lipinski definition) is 4. The molecule has 1 aliphatic heterocycles. The number of nitrogens with zero attached hydrogens (tertiary/aromatic N) is 2. The fourth-order valence-electron chi connectivity index (χ4n) is 2.42. The van der Waals surface area contributed by atoms with E-state index in [0.29, 0.717) is 6.61 Å². The third kappa shape index (κ3) is 2.57. The van der Waals surface area contributed by atoms with Crippen LogP contribution in [0.5, 0.6) is 0 Å². The van der Waals surface area contributed by atoms with E-state index in [-0.39, 0.29) is 6.04 Å². The molecular weight excluding hydrogens is 214 g/mol. The average molecular weight is 231 g/mol. The lowest BCUT2D eigenvalue weighted by molar-refractivity contribution is 0.114. The van der Waals surface area contributed by atoms with Gasteiger partial charge in [0, 0.05) is 6.54 Å². The zero-order valence-corrected chi connectivity index (χ0v) is 9.80. The lowest BCUT2D eigenvalue weighted by atomic mass is 10.0. The second kappa shape index (κ2) is 5.67. The van der Waals surface area contributed by atoms with E-state index in [4.69, 9.17) is 16.0 Å². The molecular formula is C13H17N3O. The highest BCUT2D eigenvalue weighted by molar-refractivity contribution is 5.60. The Bertz CT molecular complexity index is 411. The number of anilines is 1. The maximum Gasteiger partial charge on any atom is 0.101 e. The molecule has 4 heteroatoms. The summed E-state index contributed by atoms with van der Waals surface area (Å²) in [6.07, 6.45) is 3.41. The second-order valence-corrected chi connectivity index (χ2v) is 4.31. The third-order valence-corrected chi connectivity index (χ3v) is 3.25. The molecule has 0 bridgehead atoms. The second-order valence-electron chi connectivity index (χ2n) is 4.31. The van der Waals surface area contributed by atoms with Gasteiger partial charge in [-0.2, -0.15) is 5.26 Å². The number of piperidine rings is 1. The molecule has 4 nitrogen and oxygen atoms in total. The maximum atomic E-state index is 9.13. The van der Waals surface area contributed by atoms with Crippen LogP contribution in [0.3, 0.4) is 0 Å². The summed E-state index contributed by atoms with van der Waals surface area (Å²) in [6, 6.07) is 10.2. The van der Waals surface area contributed by atoms with Crippen LogP contribution in [-0.4, -0.2) is 19.2 Å². The maximum absolute atomic E-state index is 9.13. The molecule has 17 heavy (non-hydrogen) atoms. The van der Waals surface area contributed by atoms with Crippen LogP contribution < -0.4 is 10.8 Å². The summed E-state index contributed by atoms with van der Waals surface area (Å²) in [6.45, 7) is 1.48. The molecule has 0 saturated carbocycles. The Kier molecular flexibility index (Phi) is 3.97. The summed E-state index contributed by atoms with van der Waals surface area (Å²) in [4.78, 5) is 7.03. The van der Waals surface area contributed by atoms with Crippen LogP contribution >= 0.6 is 0 Å². The van der Waals surface area contributed by atoms with Gasteiger partial charge in [-0.1, -0.05) is 12.1 Å². The van der Waals surface area contributed by atoms with Crippen LogP contribution in [0.15, 0.2) is 24.3 Å². The van der Waals surface area contributed by atoms with Crippen LogP contribution in [0.25, 0.3) is 0 Å². The van der Waals surface area contributed by atoms with E-state index in [1.807, 2.05) is 24.3 Å². The van der Waals surface area contributed by atoms with Crippen molar-refractivity contribution in [2.45, 2.75) is 25.3 Å². The van der Waals surface area contributed by atoms with Gasteiger partial charge in [0.1, 0.15) is 6.07 Å². The van der Waals surface area contributed by atoms with Gasteiger partial charge in [-0.3, -0.25) is 0 Å². The summed E-state index contributed by atoms with van der Waals surface area (Å²) >= 11 is 0. The Morgan fingerprint density at radius 3 is 3.00 bits per heavy atom. The summed E-state index contributed by atoms with van der Waals surface area (Å²) in [7, 11) is 0. The predicted octanol–water partition coefficient (Wildman–Crippen LogP) is 1.81. The predicted molar refractivity (Wildman–Crippen MR) is 66.3 cm³/mol. The molecule has 1 aromatic carbocycles. The lowest BCUT2D eigenvalue weighted by Gasteiger charge is -2.37. The van der Waals surface area contributed by atoms with Gasteiger partial charge in [-0.25, -0.2) is 5.90 Å². The average Bonchev–Trinajstić information content (AvgIpc) is 2.40. The summed E-state index contributed by atoms with van der Waals surface area (Å²) in [5.74, 6) is 5.18. The van der Waals surface area contributed by atoms with Crippen molar-refractivity contribution in [3.8, 4) is 6.07 Å². The Labute approximate surface area is 102 Å². The first-order chi connectivity index (χ1) is 8.36. The molecule has 1 heterocycles. The van der Waals surface area contributed by atoms with Gasteiger partial charge in [0.05, 0.1) is 23.9 Å². The monoisotopic (exact) mass is 231 g/mol. The van der Waals surface area contributed by atoms with E-state index in [1.165, 1.54) is 6.42 Å².